The Hall–Kier alpha value is -1.60. The molecule has 0 spiro atoms. The Kier molecular flexibility index (Phi) is 5.12. The van der Waals surface area contributed by atoms with E-state index in [0.29, 0.717) is 6.42 Å². The third kappa shape index (κ3) is 3.21. The van der Waals surface area contributed by atoms with Crippen molar-refractivity contribution in [3.8, 4) is 0 Å². The van der Waals surface area contributed by atoms with E-state index < -0.39 is 24.6 Å². The molecule has 0 saturated heterocycles. The van der Waals surface area contributed by atoms with Crippen molar-refractivity contribution in [3.05, 3.63) is 23.5 Å². The van der Waals surface area contributed by atoms with Crippen molar-refractivity contribution in [2.24, 2.45) is 0 Å². The number of unbranched alkanes of at least 4 members (excludes halogenated alkanes) is 1. The van der Waals surface area contributed by atoms with Crippen LogP contribution in [-0.2, 0) is 4.74 Å². The Balaban J connectivity index is 2.91. The lowest BCUT2D eigenvalue weighted by Crippen LogP contribution is -2.33. The predicted octanol–water partition coefficient (Wildman–Crippen LogP) is 0.0446. The zero-order valence-electron chi connectivity index (χ0n) is 10.0. The number of anilines is 1. The number of rotatable bonds is 5. The van der Waals surface area contributed by atoms with E-state index in [1.807, 2.05) is 6.92 Å². The number of hydrogen-bond acceptors (Lipinski definition) is 5. The smallest absolute Gasteiger partial charge is 0.462 e. The summed E-state index contributed by atoms with van der Waals surface area (Å²) in [5.74, 6) is -1.81. The fourth-order valence-corrected chi connectivity index (χ4v) is 1.38. The molecule has 0 amide bonds. The Labute approximate surface area is 105 Å². The molecule has 0 aliphatic rings. The van der Waals surface area contributed by atoms with Gasteiger partial charge in [-0.05, 0) is 12.5 Å². The first kappa shape index (κ1) is 14.5. The summed E-state index contributed by atoms with van der Waals surface area (Å²) >= 11 is 0. The topological polar surface area (TPSA) is 92.8 Å². The second-order valence-electron chi connectivity index (χ2n) is 3.79. The molecule has 0 saturated carbocycles. The van der Waals surface area contributed by atoms with E-state index >= 15 is 0 Å². The molecule has 0 aliphatic carbocycles. The van der Waals surface area contributed by atoms with Crippen LogP contribution in [0.15, 0.2) is 12.1 Å². The molecule has 0 radical (unpaired) electrons. The van der Waals surface area contributed by atoms with Gasteiger partial charge in [0.05, 0.1) is 17.9 Å². The molecule has 1 aromatic rings. The van der Waals surface area contributed by atoms with Gasteiger partial charge in [-0.1, -0.05) is 19.4 Å². The SMILES string of the molecule is CCCCOC(=O)c1ccc(B(O)O)c(N)c1F. The molecule has 0 heterocycles. The largest absolute Gasteiger partial charge is 0.490 e. The molecule has 0 atom stereocenters. The van der Waals surface area contributed by atoms with Crippen LogP contribution in [0.25, 0.3) is 0 Å². The summed E-state index contributed by atoms with van der Waals surface area (Å²) in [5, 5.41) is 17.8. The highest BCUT2D eigenvalue weighted by Gasteiger charge is 2.22. The van der Waals surface area contributed by atoms with Gasteiger partial charge in [0, 0.05) is 5.46 Å². The van der Waals surface area contributed by atoms with Gasteiger partial charge in [-0.2, -0.15) is 0 Å². The molecule has 0 aromatic heterocycles. The first-order chi connectivity index (χ1) is 8.49. The lowest BCUT2D eigenvalue weighted by Gasteiger charge is -2.09. The van der Waals surface area contributed by atoms with E-state index in [0.717, 1.165) is 12.5 Å². The van der Waals surface area contributed by atoms with Crippen LogP contribution in [0.1, 0.15) is 30.1 Å². The number of halogens is 1. The highest BCUT2D eigenvalue weighted by molar-refractivity contribution is 6.60. The van der Waals surface area contributed by atoms with Crippen LogP contribution in [0, 0.1) is 5.82 Å². The standard InChI is InChI=1S/C11H15BFNO4/c1-2-3-6-18-11(15)7-4-5-8(12(16)17)10(14)9(7)13/h4-5,16-17H,2-3,6,14H2,1H3. The molecule has 4 N–H and O–H groups in total. The zero-order valence-corrected chi connectivity index (χ0v) is 10.0. The van der Waals surface area contributed by atoms with Gasteiger partial charge in [0.1, 0.15) is 0 Å². The second-order valence-corrected chi connectivity index (χ2v) is 3.79. The van der Waals surface area contributed by atoms with E-state index in [2.05, 4.69) is 0 Å². The fraction of sp³-hybridized carbons (Fsp3) is 0.364. The van der Waals surface area contributed by atoms with Gasteiger partial charge in [-0.15, -0.1) is 0 Å². The summed E-state index contributed by atoms with van der Waals surface area (Å²) in [6, 6.07) is 2.30. The number of carbonyl (C=O) groups is 1. The maximum absolute atomic E-state index is 13.7. The number of carbonyl (C=O) groups excluding carboxylic acids is 1. The summed E-state index contributed by atoms with van der Waals surface area (Å²) < 4.78 is 18.6. The molecule has 5 nitrogen and oxygen atoms in total. The van der Waals surface area contributed by atoms with Crippen LogP contribution in [0.3, 0.4) is 0 Å². The average molecular weight is 255 g/mol. The second kappa shape index (κ2) is 6.37. The monoisotopic (exact) mass is 255 g/mol. The lowest BCUT2D eigenvalue weighted by molar-refractivity contribution is 0.0494. The van der Waals surface area contributed by atoms with E-state index in [4.69, 9.17) is 20.5 Å². The molecule has 1 aromatic carbocycles. The normalized spacial score (nSPS) is 10.2. The molecule has 0 bridgehead atoms. The molecular formula is C11H15BFNO4. The number of nitrogen functional groups attached to an aromatic ring is 1. The summed E-state index contributed by atoms with van der Waals surface area (Å²) in [5.41, 5.74) is 4.42. The maximum atomic E-state index is 13.7. The molecule has 0 unspecified atom stereocenters. The summed E-state index contributed by atoms with van der Waals surface area (Å²) in [4.78, 5) is 11.5. The van der Waals surface area contributed by atoms with Crippen molar-refractivity contribution in [2.45, 2.75) is 19.8 Å². The fourth-order valence-electron chi connectivity index (χ4n) is 1.38. The maximum Gasteiger partial charge on any atom is 0.490 e. The molecule has 98 valence electrons. The van der Waals surface area contributed by atoms with E-state index in [1.54, 1.807) is 0 Å². The molecule has 0 aliphatic heterocycles. The third-order valence-corrected chi connectivity index (χ3v) is 2.44. The minimum atomic E-state index is -1.88. The summed E-state index contributed by atoms with van der Waals surface area (Å²) in [6.07, 6.45) is 1.55. The van der Waals surface area contributed by atoms with Crippen LogP contribution in [0.4, 0.5) is 10.1 Å². The number of ether oxygens (including phenoxy) is 1. The van der Waals surface area contributed by atoms with Crippen LogP contribution >= 0.6 is 0 Å². The number of nitrogens with two attached hydrogens (primary N) is 1. The van der Waals surface area contributed by atoms with Gasteiger partial charge in [-0.25, -0.2) is 9.18 Å². The van der Waals surface area contributed by atoms with E-state index in [1.165, 1.54) is 6.07 Å². The van der Waals surface area contributed by atoms with Crippen molar-refractivity contribution in [1.82, 2.24) is 0 Å². The van der Waals surface area contributed by atoms with Crippen LogP contribution in [-0.4, -0.2) is 29.7 Å². The summed E-state index contributed by atoms with van der Waals surface area (Å²) in [6.45, 7) is 2.14. The van der Waals surface area contributed by atoms with Gasteiger partial charge >= 0.3 is 13.1 Å². The van der Waals surface area contributed by atoms with Crippen LogP contribution in [0.2, 0.25) is 0 Å². The van der Waals surface area contributed by atoms with Gasteiger partial charge in [-0.3, -0.25) is 0 Å². The minimum Gasteiger partial charge on any atom is -0.462 e. The van der Waals surface area contributed by atoms with Gasteiger partial charge in [0.25, 0.3) is 0 Å². The van der Waals surface area contributed by atoms with Crippen LogP contribution in [0.5, 0.6) is 0 Å². The van der Waals surface area contributed by atoms with Crippen molar-refractivity contribution < 1.29 is 24.0 Å². The van der Waals surface area contributed by atoms with Crippen molar-refractivity contribution in [3.63, 3.8) is 0 Å². The van der Waals surface area contributed by atoms with Crippen molar-refractivity contribution in [1.29, 1.82) is 0 Å². The number of benzene rings is 1. The Morgan fingerprint density at radius 1 is 1.50 bits per heavy atom. The highest BCUT2D eigenvalue weighted by atomic mass is 19.1. The third-order valence-electron chi connectivity index (χ3n) is 2.44. The van der Waals surface area contributed by atoms with Crippen molar-refractivity contribution >= 4 is 24.2 Å². The quantitative estimate of drug-likeness (QED) is 0.299. The molecule has 18 heavy (non-hydrogen) atoms. The first-order valence-corrected chi connectivity index (χ1v) is 5.60. The summed E-state index contributed by atoms with van der Waals surface area (Å²) in [7, 11) is -1.88. The lowest BCUT2D eigenvalue weighted by atomic mass is 9.78. The molecule has 7 heteroatoms. The average Bonchev–Trinajstić information content (AvgIpc) is 2.32. The molecular weight excluding hydrogens is 240 g/mol. The van der Waals surface area contributed by atoms with Gasteiger partial charge in [0.15, 0.2) is 5.82 Å². The number of hydrogen-bond donors (Lipinski definition) is 3. The first-order valence-electron chi connectivity index (χ1n) is 5.60. The van der Waals surface area contributed by atoms with Crippen molar-refractivity contribution in [2.75, 3.05) is 12.3 Å². The molecule has 1 rings (SSSR count). The van der Waals surface area contributed by atoms with E-state index in [-0.39, 0.29) is 17.6 Å². The Morgan fingerprint density at radius 3 is 2.72 bits per heavy atom. The van der Waals surface area contributed by atoms with Crippen LogP contribution < -0.4 is 11.2 Å². The Bertz CT molecular complexity index is 439. The number of esters is 1. The minimum absolute atomic E-state index is 0.183. The molecule has 0 fully saturated rings. The van der Waals surface area contributed by atoms with Gasteiger partial charge < -0.3 is 20.5 Å². The van der Waals surface area contributed by atoms with E-state index in [9.17, 15) is 9.18 Å². The highest BCUT2D eigenvalue weighted by Crippen LogP contribution is 2.14. The Morgan fingerprint density at radius 2 is 2.17 bits per heavy atom. The predicted molar refractivity (Wildman–Crippen MR) is 65.8 cm³/mol. The zero-order chi connectivity index (χ0) is 13.7. The van der Waals surface area contributed by atoms with Gasteiger partial charge in [0.2, 0.25) is 0 Å².